The van der Waals surface area contributed by atoms with E-state index in [1.807, 2.05) is 60.7 Å². The van der Waals surface area contributed by atoms with Crippen molar-refractivity contribution in [1.82, 2.24) is 9.80 Å². The van der Waals surface area contributed by atoms with Crippen LogP contribution in [0.1, 0.15) is 70.4 Å². The molecule has 2 aliphatic rings. The number of amides is 2. The van der Waals surface area contributed by atoms with Gasteiger partial charge in [0, 0.05) is 45.4 Å². The van der Waals surface area contributed by atoms with E-state index in [1.165, 1.54) is 0 Å². The SMILES string of the molecule is C.CCOC(=O)C1CCN(C(=O)OCc2ccccc2)CCCC1=O.O=C1CCCN(C(=O)OCc2ccccc2)CCC1.[K+].[OH-]. The number of esters is 1. The standard InChI is InChI=1S/C18H23NO5.C15H19NO3.CH4.K.H2O/c1-2-23-17(21)15-10-12-19(11-6-9-16(15)20)18(22)24-13-14-7-4-3-5-8-14;17-14-8-4-10-16(11-5-9-14)15(18)19-12-13-6-2-1-3-7-13;;;/h3-5,7-8,15H,2,6,9-13H2,1H3;1-3,6-7H,4-5,8-12H2;1H4;;1H2/q;;;+1;/p-1. The average Bonchev–Trinajstić information content (AvgIpc) is 3.00. The van der Waals surface area contributed by atoms with Gasteiger partial charge >= 0.3 is 69.5 Å². The van der Waals surface area contributed by atoms with Crippen molar-refractivity contribution in [2.75, 3.05) is 32.8 Å². The molecule has 0 spiro atoms. The monoisotopic (exact) mass is 666 g/mol. The van der Waals surface area contributed by atoms with Gasteiger partial charge in [0.25, 0.3) is 0 Å². The summed E-state index contributed by atoms with van der Waals surface area (Å²) in [4.78, 5) is 62.6. The summed E-state index contributed by atoms with van der Waals surface area (Å²) >= 11 is 0. The first-order chi connectivity index (χ1) is 20.9. The molecule has 2 amide bonds. The third kappa shape index (κ3) is 15.8. The Kier molecular flexibility index (Phi) is 23.2. The molecule has 1 N–H and O–H groups in total. The second-order valence-electron chi connectivity index (χ2n) is 10.5. The zero-order valence-corrected chi connectivity index (χ0v) is 29.5. The minimum atomic E-state index is -0.783. The third-order valence-corrected chi connectivity index (χ3v) is 7.19. The maximum Gasteiger partial charge on any atom is 1.00 e. The van der Waals surface area contributed by atoms with Crippen molar-refractivity contribution >= 4 is 29.7 Å². The molecule has 12 heteroatoms. The minimum Gasteiger partial charge on any atom is -0.870 e. The molecule has 0 aromatic heterocycles. The van der Waals surface area contributed by atoms with Crippen molar-refractivity contribution in [3.8, 4) is 0 Å². The molecule has 1 atom stereocenters. The quantitative estimate of drug-likeness (QED) is 0.196. The summed E-state index contributed by atoms with van der Waals surface area (Å²) in [6.07, 6.45) is 2.98. The van der Waals surface area contributed by atoms with Gasteiger partial charge in [0.2, 0.25) is 0 Å². The molecule has 2 saturated heterocycles. The van der Waals surface area contributed by atoms with E-state index >= 15 is 0 Å². The third-order valence-electron chi connectivity index (χ3n) is 7.19. The van der Waals surface area contributed by atoms with Crippen molar-refractivity contribution in [3.05, 3.63) is 71.8 Å². The van der Waals surface area contributed by atoms with E-state index in [0.29, 0.717) is 57.8 Å². The molecule has 0 saturated carbocycles. The van der Waals surface area contributed by atoms with Gasteiger partial charge in [-0.2, -0.15) is 0 Å². The Bertz CT molecular complexity index is 1180. The molecule has 2 aromatic carbocycles. The molecular formula is C34H47KN2O9. The molecule has 0 bridgehead atoms. The summed E-state index contributed by atoms with van der Waals surface area (Å²) in [5.74, 6) is -1.08. The number of rotatable bonds is 6. The maximum atomic E-state index is 12.2. The molecule has 2 aromatic rings. The van der Waals surface area contributed by atoms with Gasteiger partial charge < -0.3 is 29.5 Å². The van der Waals surface area contributed by atoms with E-state index in [2.05, 4.69) is 0 Å². The van der Waals surface area contributed by atoms with Crippen LogP contribution in [0.3, 0.4) is 0 Å². The number of ether oxygens (including phenoxy) is 3. The van der Waals surface area contributed by atoms with Crippen LogP contribution in [-0.4, -0.2) is 77.8 Å². The summed E-state index contributed by atoms with van der Waals surface area (Å²) in [6.45, 7) is 4.44. The number of hydrogen-bond donors (Lipinski definition) is 0. The molecule has 2 heterocycles. The number of nitrogens with zero attached hydrogens (tertiary/aromatic N) is 2. The predicted molar refractivity (Wildman–Crippen MR) is 168 cm³/mol. The number of Topliss-reactive ketones (excluding diaryl/α,β-unsaturated/α-hetero) is 2. The number of carbonyl (C=O) groups is 5. The van der Waals surface area contributed by atoms with Gasteiger partial charge in [-0.1, -0.05) is 68.1 Å². The molecule has 0 radical (unpaired) electrons. The van der Waals surface area contributed by atoms with Crippen LogP contribution >= 0.6 is 0 Å². The number of likely N-dealkylation sites (tertiary alicyclic amines) is 2. The minimum absolute atomic E-state index is 0. The van der Waals surface area contributed by atoms with Gasteiger partial charge in [0.15, 0.2) is 0 Å². The van der Waals surface area contributed by atoms with Crippen molar-refractivity contribution in [3.63, 3.8) is 0 Å². The normalized spacial score (nSPS) is 16.5. The van der Waals surface area contributed by atoms with Crippen molar-refractivity contribution in [2.24, 2.45) is 5.92 Å². The summed E-state index contributed by atoms with van der Waals surface area (Å²) in [5.41, 5.74) is 1.90. The van der Waals surface area contributed by atoms with Gasteiger partial charge in [0.1, 0.15) is 30.7 Å². The molecule has 2 fully saturated rings. The van der Waals surface area contributed by atoms with Crippen LogP contribution in [0.25, 0.3) is 0 Å². The molecule has 2 aliphatic heterocycles. The molecular weight excluding hydrogens is 619 g/mol. The maximum absolute atomic E-state index is 12.2. The molecule has 4 rings (SSSR count). The fourth-order valence-electron chi connectivity index (χ4n) is 4.83. The van der Waals surface area contributed by atoms with E-state index in [1.54, 1.807) is 16.7 Å². The van der Waals surface area contributed by atoms with Crippen LogP contribution in [0.4, 0.5) is 9.59 Å². The van der Waals surface area contributed by atoms with Crippen LogP contribution < -0.4 is 51.4 Å². The number of carbonyl (C=O) groups excluding carboxylic acids is 5. The van der Waals surface area contributed by atoms with E-state index in [-0.39, 0.29) is 102 Å². The summed E-state index contributed by atoms with van der Waals surface area (Å²) in [5, 5.41) is 0. The molecule has 248 valence electrons. The summed E-state index contributed by atoms with van der Waals surface area (Å²) in [7, 11) is 0. The molecule has 11 nitrogen and oxygen atoms in total. The first kappa shape index (κ1) is 43.4. The molecule has 46 heavy (non-hydrogen) atoms. The second-order valence-corrected chi connectivity index (χ2v) is 10.5. The Balaban J connectivity index is 0.000000845. The fraction of sp³-hybridized carbons (Fsp3) is 0.500. The largest absolute Gasteiger partial charge is 1.00 e. The zero-order valence-electron chi connectivity index (χ0n) is 26.4. The van der Waals surface area contributed by atoms with Crippen molar-refractivity contribution in [2.45, 2.75) is 72.5 Å². The van der Waals surface area contributed by atoms with Gasteiger partial charge in [-0.15, -0.1) is 0 Å². The Morgan fingerprint density at radius 2 is 1.13 bits per heavy atom. The molecule has 0 aliphatic carbocycles. The van der Waals surface area contributed by atoms with Crippen LogP contribution in [0.15, 0.2) is 60.7 Å². The van der Waals surface area contributed by atoms with Gasteiger partial charge in [-0.05, 0) is 43.7 Å². The second kappa shape index (κ2) is 24.5. The van der Waals surface area contributed by atoms with E-state index < -0.39 is 18.0 Å². The van der Waals surface area contributed by atoms with Crippen LogP contribution in [-0.2, 0) is 41.8 Å². The Labute approximate surface area is 315 Å². The first-order valence-corrected chi connectivity index (χ1v) is 15.0. The van der Waals surface area contributed by atoms with Crippen LogP contribution in [0, 0.1) is 5.92 Å². The Morgan fingerprint density at radius 3 is 1.59 bits per heavy atom. The zero-order chi connectivity index (χ0) is 30.9. The predicted octanol–water partition coefficient (Wildman–Crippen LogP) is 2.79. The van der Waals surface area contributed by atoms with Crippen LogP contribution in [0.5, 0.6) is 0 Å². The summed E-state index contributed by atoms with van der Waals surface area (Å²) in [6, 6.07) is 19.1. The number of hydrogen-bond acceptors (Lipinski definition) is 9. The summed E-state index contributed by atoms with van der Waals surface area (Å²) < 4.78 is 15.6. The Morgan fingerprint density at radius 1 is 0.696 bits per heavy atom. The average molecular weight is 667 g/mol. The smallest absolute Gasteiger partial charge is 0.870 e. The number of ketones is 2. The van der Waals surface area contributed by atoms with E-state index in [9.17, 15) is 24.0 Å². The number of benzene rings is 2. The fourth-order valence-corrected chi connectivity index (χ4v) is 4.83. The van der Waals surface area contributed by atoms with Crippen LogP contribution in [0.2, 0.25) is 0 Å². The topological polar surface area (TPSA) is 150 Å². The van der Waals surface area contributed by atoms with E-state index in [0.717, 1.165) is 24.0 Å². The van der Waals surface area contributed by atoms with Gasteiger partial charge in [-0.25, -0.2) is 9.59 Å². The van der Waals surface area contributed by atoms with Crippen molar-refractivity contribution < 1.29 is 95.0 Å². The van der Waals surface area contributed by atoms with Gasteiger partial charge in [0.05, 0.1) is 6.61 Å². The van der Waals surface area contributed by atoms with Crippen molar-refractivity contribution in [1.29, 1.82) is 0 Å². The van der Waals surface area contributed by atoms with E-state index in [4.69, 9.17) is 14.2 Å². The van der Waals surface area contributed by atoms with Gasteiger partial charge in [-0.3, -0.25) is 14.4 Å². The molecule has 1 unspecified atom stereocenters. The first-order valence-electron chi connectivity index (χ1n) is 15.0. The Hall–Kier alpha value is -2.61.